The van der Waals surface area contributed by atoms with Crippen LogP contribution in [0, 0.1) is 0 Å². The number of benzene rings is 1. The maximum Gasteiger partial charge on any atom is 0.0608 e. The van der Waals surface area contributed by atoms with Gasteiger partial charge in [-0.25, -0.2) is 0 Å². The summed E-state index contributed by atoms with van der Waals surface area (Å²) in [6.45, 7) is 0. The standard InChI is InChI=1S/C12H15ClO/c13-10-5-3-4-9(8-10)11-6-1-2-7-12(11)14/h3-5,8,11-12,14H,1-2,6-7H2. The van der Waals surface area contributed by atoms with Crippen LogP contribution < -0.4 is 0 Å². The van der Waals surface area contributed by atoms with Gasteiger partial charge in [0.25, 0.3) is 0 Å². The first kappa shape index (κ1) is 10.0. The molecule has 0 radical (unpaired) electrons. The molecule has 1 nitrogen and oxygen atoms in total. The Balaban J connectivity index is 2.20. The van der Waals surface area contributed by atoms with E-state index in [1.165, 1.54) is 12.0 Å². The fourth-order valence-corrected chi connectivity index (χ4v) is 2.44. The van der Waals surface area contributed by atoms with Gasteiger partial charge >= 0.3 is 0 Å². The number of rotatable bonds is 1. The van der Waals surface area contributed by atoms with Crippen LogP contribution in [0.2, 0.25) is 5.02 Å². The van der Waals surface area contributed by atoms with Crippen LogP contribution >= 0.6 is 11.6 Å². The predicted octanol–water partition coefficient (Wildman–Crippen LogP) is 3.36. The van der Waals surface area contributed by atoms with Crippen molar-refractivity contribution in [2.45, 2.75) is 37.7 Å². The second-order valence-corrected chi connectivity index (χ2v) is 4.45. The van der Waals surface area contributed by atoms with Crippen LogP contribution in [0.3, 0.4) is 0 Å². The topological polar surface area (TPSA) is 20.2 Å². The SMILES string of the molecule is OC1CCCCC1c1cccc(Cl)c1. The molecule has 76 valence electrons. The van der Waals surface area contributed by atoms with E-state index < -0.39 is 0 Å². The molecule has 1 fully saturated rings. The molecule has 0 bridgehead atoms. The normalized spacial score (nSPS) is 27.6. The van der Waals surface area contributed by atoms with Crippen LogP contribution in [-0.4, -0.2) is 11.2 Å². The third-order valence-electron chi connectivity index (χ3n) is 3.01. The summed E-state index contributed by atoms with van der Waals surface area (Å²) in [7, 11) is 0. The molecule has 0 amide bonds. The van der Waals surface area contributed by atoms with Gasteiger partial charge in [0, 0.05) is 10.9 Å². The quantitative estimate of drug-likeness (QED) is 0.754. The lowest BCUT2D eigenvalue weighted by Crippen LogP contribution is -2.22. The Hall–Kier alpha value is -0.530. The van der Waals surface area contributed by atoms with Gasteiger partial charge in [0.1, 0.15) is 0 Å². The number of aliphatic hydroxyl groups excluding tert-OH is 1. The van der Waals surface area contributed by atoms with Crippen molar-refractivity contribution >= 4 is 11.6 Å². The molecule has 0 spiro atoms. The largest absolute Gasteiger partial charge is 0.392 e. The maximum atomic E-state index is 9.87. The molecule has 1 aromatic rings. The molecule has 0 saturated heterocycles. The molecule has 2 rings (SSSR count). The molecule has 1 aliphatic carbocycles. The zero-order chi connectivity index (χ0) is 9.97. The third kappa shape index (κ3) is 2.10. The van der Waals surface area contributed by atoms with Gasteiger partial charge in [-0.1, -0.05) is 36.6 Å². The minimum absolute atomic E-state index is 0.179. The highest BCUT2D eigenvalue weighted by Gasteiger charge is 2.24. The van der Waals surface area contributed by atoms with Gasteiger partial charge < -0.3 is 5.11 Å². The summed E-state index contributed by atoms with van der Waals surface area (Å²) in [5.74, 6) is 0.294. The fraction of sp³-hybridized carbons (Fsp3) is 0.500. The van der Waals surface area contributed by atoms with Crippen molar-refractivity contribution in [2.75, 3.05) is 0 Å². The van der Waals surface area contributed by atoms with Crippen LogP contribution in [0.4, 0.5) is 0 Å². The second-order valence-electron chi connectivity index (χ2n) is 4.01. The highest BCUT2D eigenvalue weighted by molar-refractivity contribution is 6.30. The average molecular weight is 211 g/mol. The summed E-state index contributed by atoms with van der Waals surface area (Å²) < 4.78 is 0. The Kier molecular flexibility index (Phi) is 3.09. The Morgan fingerprint density at radius 1 is 1.21 bits per heavy atom. The van der Waals surface area contributed by atoms with Gasteiger partial charge in [0.15, 0.2) is 0 Å². The van der Waals surface area contributed by atoms with Crippen molar-refractivity contribution < 1.29 is 5.11 Å². The van der Waals surface area contributed by atoms with Gasteiger partial charge in [-0.05, 0) is 30.5 Å². The van der Waals surface area contributed by atoms with Crippen molar-refractivity contribution in [3.8, 4) is 0 Å². The molecule has 1 saturated carbocycles. The van der Waals surface area contributed by atoms with Gasteiger partial charge in [-0.2, -0.15) is 0 Å². The smallest absolute Gasteiger partial charge is 0.0608 e. The zero-order valence-corrected chi connectivity index (χ0v) is 8.87. The lowest BCUT2D eigenvalue weighted by Gasteiger charge is -2.27. The summed E-state index contributed by atoms with van der Waals surface area (Å²) >= 11 is 5.93. The minimum atomic E-state index is -0.179. The van der Waals surface area contributed by atoms with E-state index in [-0.39, 0.29) is 6.10 Å². The highest BCUT2D eigenvalue weighted by atomic mass is 35.5. The first-order chi connectivity index (χ1) is 6.77. The average Bonchev–Trinajstić information content (AvgIpc) is 2.18. The molecule has 1 N–H and O–H groups in total. The zero-order valence-electron chi connectivity index (χ0n) is 8.12. The lowest BCUT2D eigenvalue weighted by molar-refractivity contribution is 0.106. The molecular weight excluding hydrogens is 196 g/mol. The van der Waals surface area contributed by atoms with Crippen LogP contribution in [-0.2, 0) is 0 Å². The van der Waals surface area contributed by atoms with E-state index in [2.05, 4.69) is 6.07 Å². The minimum Gasteiger partial charge on any atom is -0.392 e. The summed E-state index contributed by atoms with van der Waals surface area (Å²) in [6.07, 6.45) is 4.20. The van der Waals surface area contributed by atoms with Crippen LogP contribution in [0.25, 0.3) is 0 Å². The number of hydrogen-bond acceptors (Lipinski definition) is 1. The molecule has 14 heavy (non-hydrogen) atoms. The predicted molar refractivity (Wildman–Crippen MR) is 58.7 cm³/mol. The van der Waals surface area contributed by atoms with Crippen LogP contribution in [0.15, 0.2) is 24.3 Å². The molecule has 1 aliphatic rings. The lowest BCUT2D eigenvalue weighted by atomic mass is 9.82. The number of aliphatic hydroxyl groups is 1. The van der Waals surface area contributed by atoms with Crippen molar-refractivity contribution in [3.05, 3.63) is 34.9 Å². The Morgan fingerprint density at radius 2 is 2.00 bits per heavy atom. The second kappa shape index (κ2) is 4.33. The van der Waals surface area contributed by atoms with Gasteiger partial charge in [0.2, 0.25) is 0 Å². The van der Waals surface area contributed by atoms with E-state index >= 15 is 0 Å². The van der Waals surface area contributed by atoms with Crippen molar-refractivity contribution in [3.63, 3.8) is 0 Å². The first-order valence-electron chi connectivity index (χ1n) is 5.21. The van der Waals surface area contributed by atoms with Crippen LogP contribution in [0.5, 0.6) is 0 Å². The molecule has 2 unspecified atom stereocenters. The van der Waals surface area contributed by atoms with Gasteiger partial charge in [-0.15, -0.1) is 0 Å². The molecule has 0 heterocycles. The van der Waals surface area contributed by atoms with E-state index in [9.17, 15) is 5.11 Å². The van der Waals surface area contributed by atoms with E-state index in [4.69, 9.17) is 11.6 Å². The summed E-state index contributed by atoms with van der Waals surface area (Å²) in [5.41, 5.74) is 1.18. The molecule has 1 aromatic carbocycles. The van der Waals surface area contributed by atoms with E-state index in [1.54, 1.807) is 0 Å². The van der Waals surface area contributed by atoms with E-state index in [1.807, 2.05) is 18.2 Å². The molecule has 2 atom stereocenters. The molecular formula is C12H15ClO. The monoisotopic (exact) mass is 210 g/mol. The van der Waals surface area contributed by atoms with E-state index in [0.717, 1.165) is 24.3 Å². The summed E-state index contributed by atoms with van der Waals surface area (Å²) in [5, 5.41) is 10.6. The van der Waals surface area contributed by atoms with Crippen LogP contribution in [0.1, 0.15) is 37.2 Å². The highest BCUT2D eigenvalue weighted by Crippen LogP contribution is 2.33. The summed E-state index contributed by atoms with van der Waals surface area (Å²) in [4.78, 5) is 0. The van der Waals surface area contributed by atoms with Crippen molar-refractivity contribution in [2.24, 2.45) is 0 Å². The Morgan fingerprint density at radius 3 is 2.71 bits per heavy atom. The molecule has 0 aromatic heterocycles. The van der Waals surface area contributed by atoms with Crippen molar-refractivity contribution in [1.82, 2.24) is 0 Å². The number of hydrogen-bond donors (Lipinski definition) is 1. The van der Waals surface area contributed by atoms with Gasteiger partial charge in [0.05, 0.1) is 6.10 Å². The first-order valence-corrected chi connectivity index (χ1v) is 5.59. The Labute approximate surface area is 89.7 Å². The maximum absolute atomic E-state index is 9.87. The molecule has 2 heteroatoms. The van der Waals surface area contributed by atoms with E-state index in [0.29, 0.717) is 5.92 Å². The number of halogens is 1. The molecule has 0 aliphatic heterocycles. The summed E-state index contributed by atoms with van der Waals surface area (Å²) in [6, 6.07) is 7.87. The van der Waals surface area contributed by atoms with Crippen molar-refractivity contribution in [1.29, 1.82) is 0 Å². The Bertz CT molecular complexity index is 311. The fourth-order valence-electron chi connectivity index (χ4n) is 2.24. The third-order valence-corrected chi connectivity index (χ3v) is 3.24. The van der Waals surface area contributed by atoms with Gasteiger partial charge in [-0.3, -0.25) is 0 Å².